The van der Waals surface area contributed by atoms with E-state index in [2.05, 4.69) is 5.32 Å². The molecule has 3 heteroatoms. The van der Waals surface area contributed by atoms with E-state index in [0.29, 0.717) is 5.57 Å². The van der Waals surface area contributed by atoms with Crippen molar-refractivity contribution in [1.82, 2.24) is 5.32 Å². The van der Waals surface area contributed by atoms with Crippen LogP contribution in [-0.2, 0) is 4.79 Å². The molecule has 14 heavy (non-hydrogen) atoms. The molecule has 0 spiro atoms. The number of hydrogen-bond donors (Lipinski definition) is 2. The summed E-state index contributed by atoms with van der Waals surface area (Å²) in [5, 5.41) is 12.1. The molecule has 0 aliphatic carbocycles. The van der Waals surface area contributed by atoms with E-state index in [1.165, 1.54) is 0 Å². The fourth-order valence-electron chi connectivity index (χ4n) is 1.60. The van der Waals surface area contributed by atoms with Gasteiger partial charge in [0.1, 0.15) is 0 Å². The first-order valence-electron chi connectivity index (χ1n) is 4.45. The van der Waals surface area contributed by atoms with Gasteiger partial charge in [0.05, 0.1) is 6.04 Å². The standard InChI is InChI=1S/C11H11NO2/c1-7-9(12-11(14)10(7)13)8-5-3-2-4-6-8/h2-6,9,13H,1H3,(H,12,14). The number of carbonyl (C=O) groups is 1. The van der Waals surface area contributed by atoms with Gasteiger partial charge in [-0.15, -0.1) is 0 Å². The SMILES string of the molecule is CC1=C(O)C(=O)NC1c1ccccc1. The maximum absolute atomic E-state index is 11.1. The van der Waals surface area contributed by atoms with Gasteiger partial charge in [-0.3, -0.25) is 4.79 Å². The minimum absolute atomic E-state index is 0.154. The van der Waals surface area contributed by atoms with Crippen LogP contribution in [0, 0.1) is 0 Å². The summed E-state index contributed by atoms with van der Waals surface area (Å²) in [6, 6.07) is 9.40. The first kappa shape index (κ1) is 8.81. The molecule has 72 valence electrons. The molecular formula is C11H11NO2. The average molecular weight is 189 g/mol. The molecule has 2 N–H and O–H groups in total. The molecule has 0 radical (unpaired) electrons. The summed E-state index contributed by atoms with van der Waals surface area (Å²) in [6.45, 7) is 1.75. The Labute approximate surface area is 82.1 Å². The highest BCUT2D eigenvalue weighted by atomic mass is 16.3. The van der Waals surface area contributed by atoms with Gasteiger partial charge >= 0.3 is 0 Å². The molecule has 3 nitrogen and oxygen atoms in total. The Morgan fingerprint density at radius 2 is 1.93 bits per heavy atom. The molecule has 1 unspecified atom stereocenters. The smallest absolute Gasteiger partial charge is 0.286 e. The van der Waals surface area contributed by atoms with Crippen LogP contribution in [0.4, 0.5) is 0 Å². The van der Waals surface area contributed by atoms with Crippen LogP contribution in [0.3, 0.4) is 0 Å². The predicted molar refractivity (Wildman–Crippen MR) is 52.7 cm³/mol. The third kappa shape index (κ3) is 1.27. The second-order valence-corrected chi connectivity index (χ2v) is 3.35. The van der Waals surface area contributed by atoms with Crippen molar-refractivity contribution in [2.45, 2.75) is 13.0 Å². The van der Waals surface area contributed by atoms with Crippen molar-refractivity contribution in [3.63, 3.8) is 0 Å². The number of hydrogen-bond acceptors (Lipinski definition) is 2. The van der Waals surface area contributed by atoms with Gasteiger partial charge in [-0.05, 0) is 12.5 Å². The van der Waals surface area contributed by atoms with E-state index >= 15 is 0 Å². The van der Waals surface area contributed by atoms with Crippen molar-refractivity contribution in [3.8, 4) is 0 Å². The monoisotopic (exact) mass is 189 g/mol. The number of nitrogens with one attached hydrogen (secondary N) is 1. The summed E-state index contributed by atoms with van der Waals surface area (Å²) < 4.78 is 0. The molecule has 1 amide bonds. The van der Waals surface area contributed by atoms with Crippen molar-refractivity contribution >= 4 is 5.91 Å². The third-order valence-corrected chi connectivity index (χ3v) is 2.43. The average Bonchev–Trinajstić information content (AvgIpc) is 2.47. The molecule has 0 fully saturated rings. The summed E-state index contributed by atoms with van der Waals surface area (Å²) in [5.41, 5.74) is 1.67. The fourth-order valence-corrected chi connectivity index (χ4v) is 1.60. The van der Waals surface area contributed by atoms with Crippen LogP contribution < -0.4 is 5.32 Å². The summed E-state index contributed by atoms with van der Waals surface area (Å²) in [4.78, 5) is 11.1. The topological polar surface area (TPSA) is 49.3 Å². The lowest BCUT2D eigenvalue weighted by Gasteiger charge is -2.11. The van der Waals surface area contributed by atoms with Crippen molar-refractivity contribution in [2.75, 3.05) is 0 Å². The maximum Gasteiger partial charge on any atom is 0.286 e. The molecule has 1 aliphatic rings. The van der Waals surface area contributed by atoms with Gasteiger partial charge in [0.15, 0.2) is 5.76 Å². The van der Waals surface area contributed by atoms with E-state index in [4.69, 9.17) is 0 Å². The van der Waals surface area contributed by atoms with Crippen molar-refractivity contribution in [2.24, 2.45) is 0 Å². The number of rotatable bonds is 1. The van der Waals surface area contributed by atoms with Gasteiger partial charge in [0.2, 0.25) is 0 Å². The minimum Gasteiger partial charge on any atom is -0.503 e. The minimum atomic E-state index is -0.392. The van der Waals surface area contributed by atoms with Crippen LogP contribution in [-0.4, -0.2) is 11.0 Å². The highest BCUT2D eigenvalue weighted by Gasteiger charge is 2.29. The normalized spacial score (nSPS) is 21.2. The van der Waals surface area contributed by atoms with E-state index < -0.39 is 5.91 Å². The van der Waals surface area contributed by atoms with Crippen LogP contribution >= 0.6 is 0 Å². The zero-order chi connectivity index (χ0) is 10.1. The number of amides is 1. The largest absolute Gasteiger partial charge is 0.503 e. The zero-order valence-electron chi connectivity index (χ0n) is 7.82. The molecule has 2 rings (SSSR count). The molecular weight excluding hydrogens is 178 g/mol. The Kier molecular flexibility index (Phi) is 2.00. The molecule has 0 saturated carbocycles. The molecule has 1 aromatic carbocycles. The van der Waals surface area contributed by atoms with E-state index in [0.717, 1.165) is 5.56 Å². The Morgan fingerprint density at radius 3 is 2.43 bits per heavy atom. The molecule has 0 saturated heterocycles. The van der Waals surface area contributed by atoms with Crippen LogP contribution in [0.15, 0.2) is 41.7 Å². The first-order chi connectivity index (χ1) is 6.70. The van der Waals surface area contributed by atoms with Crippen LogP contribution in [0.2, 0.25) is 0 Å². The lowest BCUT2D eigenvalue weighted by Crippen LogP contribution is -2.21. The zero-order valence-corrected chi connectivity index (χ0v) is 7.82. The predicted octanol–water partition coefficient (Wildman–Crippen LogP) is 1.69. The van der Waals surface area contributed by atoms with E-state index in [-0.39, 0.29) is 11.8 Å². The third-order valence-electron chi connectivity index (χ3n) is 2.43. The maximum atomic E-state index is 11.1. The van der Waals surface area contributed by atoms with Crippen molar-refractivity contribution in [1.29, 1.82) is 0 Å². The Hall–Kier alpha value is -1.77. The molecule has 0 aromatic heterocycles. The Bertz CT molecular complexity index is 395. The quantitative estimate of drug-likeness (QED) is 0.706. The number of benzene rings is 1. The summed E-state index contributed by atoms with van der Waals surface area (Å²) in [5.74, 6) is -0.546. The Morgan fingerprint density at radius 1 is 1.29 bits per heavy atom. The van der Waals surface area contributed by atoms with Crippen LogP contribution in [0.5, 0.6) is 0 Å². The molecule has 0 bridgehead atoms. The summed E-state index contributed by atoms with van der Waals surface area (Å²) >= 11 is 0. The van der Waals surface area contributed by atoms with E-state index in [1.807, 2.05) is 30.3 Å². The lowest BCUT2D eigenvalue weighted by molar-refractivity contribution is -0.119. The molecule has 1 atom stereocenters. The van der Waals surface area contributed by atoms with Crippen molar-refractivity contribution in [3.05, 3.63) is 47.2 Å². The van der Waals surface area contributed by atoms with E-state index in [9.17, 15) is 9.90 Å². The number of aliphatic hydroxyl groups is 1. The Balaban J connectivity index is 2.36. The first-order valence-corrected chi connectivity index (χ1v) is 4.45. The van der Waals surface area contributed by atoms with E-state index in [1.54, 1.807) is 6.92 Å². The molecule has 1 aromatic rings. The van der Waals surface area contributed by atoms with Crippen molar-refractivity contribution < 1.29 is 9.90 Å². The summed E-state index contributed by atoms with van der Waals surface area (Å²) in [6.07, 6.45) is 0. The molecule has 1 aliphatic heterocycles. The van der Waals surface area contributed by atoms with Gasteiger partial charge < -0.3 is 10.4 Å². The van der Waals surface area contributed by atoms with Gasteiger partial charge in [-0.2, -0.15) is 0 Å². The van der Waals surface area contributed by atoms with Gasteiger partial charge in [-0.1, -0.05) is 30.3 Å². The number of carbonyl (C=O) groups excluding carboxylic acids is 1. The highest BCUT2D eigenvalue weighted by Crippen LogP contribution is 2.27. The number of aliphatic hydroxyl groups excluding tert-OH is 1. The van der Waals surface area contributed by atoms with Crippen LogP contribution in [0.1, 0.15) is 18.5 Å². The highest BCUT2D eigenvalue weighted by molar-refractivity contribution is 5.95. The van der Waals surface area contributed by atoms with Gasteiger partial charge in [0, 0.05) is 5.57 Å². The lowest BCUT2D eigenvalue weighted by atomic mass is 10.0. The fraction of sp³-hybridized carbons (Fsp3) is 0.182. The molecule has 1 heterocycles. The summed E-state index contributed by atoms with van der Waals surface area (Å²) in [7, 11) is 0. The second-order valence-electron chi connectivity index (χ2n) is 3.35. The van der Waals surface area contributed by atoms with Gasteiger partial charge in [0.25, 0.3) is 5.91 Å². The second kappa shape index (κ2) is 3.18. The van der Waals surface area contributed by atoms with Crippen LogP contribution in [0.25, 0.3) is 0 Å². The van der Waals surface area contributed by atoms with Gasteiger partial charge in [-0.25, -0.2) is 0 Å².